The predicted octanol–water partition coefficient (Wildman–Crippen LogP) is 2.36. The van der Waals surface area contributed by atoms with Crippen molar-refractivity contribution in [2.45, 2.75) is 19.4 Å². The number of aromatic nitrogens is 2. The van der Waals surface area contributed by atoms with E-state index in [-0.39, 0.29) is 0 Å². The number of nitrogens with zero attached hydrogens (tertiary/aromatic N) is 2. The Morgan fingerprint density at radius 1 is 1.59 bits per heavy atom. The zero-order valence-electron chi connectivity index (χ0n) is 9.22. The minimum absolute atomic E-state index is 0.300. The molecule has 0 radical (unpaired) electrons. The van der Waals surface area contributed by atoms with Crippen LogP contribution in [0.5, 0.6) is 0 Å². The summed E-state index contributed by atoms with van der Waals surface area (Å²) in [7, 11) is 0. The lowest BCUT2D eigenvalue weighted by Gasteiger charge is -2.11. The molecule has 17 heavy (non-hydrogen) atoms. The molecule has 2 aromatic rings. The number of aliphatic hydroxyl groups excluding tert-OH is 1. The first-order chi connectivity index (χ1) is 8.06. The van der Waals surface area contributed by atoms with Crippen molar-refractivity contribution in [1.82, 2.24) is 9.97 Å². The van der Waals surface area contributed by atoms with E-state index >= 15 is 0 Å². The monoisotopic (exact) mass is 269 g/mol. The second-order valence-corrected chi connectivity index (χ2v) is 5.20. The molecule has 0 aromatic carbocycles. The number of aliphatic hydroxyl groups is 1. The summed E-state index contributed by atoms with van der Waals surface area (Å²) in [4.78, 5) is 8.21. The van der Waals surface area contributed by atoms with Crippen LogP contribution in [-0.2, 0) is 6.42 Å². The fraction of sp³-hybridized carbons (Fsp3) is 0.273. The molecule has 0 saturated heterocycles. The van der Waals surface area contributed by atoms with Crippen molar-refractivity contribution in [3.05, 3.63) is 38.9 Å². The fourth-order valence-corrected chi connectivity index (χ4v) is 2.33. The van der Waals surface area contributed by atoms with E-state index in [1.807, 2.05) is 12.3 Å². The molecule has 0 aliphatic rings. The Bertz CT molecular complexity index is 529. The van der Waals surface area contributed by atoms with Crippen LogP contribution < -0.4 is 5.73 Å². The molecule has 2 rings (SSSR count). The molecule has 4 nitrogen and oxygen atoms in total. The third kappa shape index (κ3) is 2.94. The molecular weight excluding hydrogens is 258 g/mol. The SMILES string of the molecule is Cc1nc(CC(O)c2cc(Cl)cnc2N)cs1. The number of aryl methyl sites for hydroxylation is 1. The Kier molecular flexibility index (Phi) is 3.61. The Balaban J connectivity index is 2.19. The number of hydrogen-bond acceptors (Lipinski definition) is 5. The van der Waals surface area contributed by atoms with Crippen molar-refractivity contribution in [1.29, 1.82) is 0 Å². The maximum atomic E-state index is 10.1. The van der Waals surface area contributed by atoms with Gasteiger partial charge in [-0.3, -0.25) is 0 Å². The maximum absolute atomic E-state index is 10.1. The topological polar surface area (TPSA) is 72.0 Å². The Hall–Kier alpha value is -1.17. The van der Waals surface area contributed by atoms with E-state index in [0.29, 0.717) is 22.8 Å². The smallest absolute Gasteiger partial charge is 0.129 e. The highest BCUT2D eigenvalue weighted by molar-refractivity contribution is 7.09. The van der Waals surface area contributed by atoms with Gasteiger partial charge in [-0.15, -0.1) is 11.3 Å². The van der Waals surface area contributed by atoms with Crippen molar-refractivity contribution in [3.63, 3.8) is 0 Å². The van der Waals surface area contributed by atoms with Gasteiger partial charge in [0.2, 0.25) is 0 Å². The lowest BCUT2D eigenvalue weighted by atomic mass is 10.1. The van der Waals surface area contributed by atoms with E-state index in [2.05, 4.69) is 9.97 Å². The molecule has 3 N–H and O–H groups in total. The first-order valence-electron chi connectivity index (χ1n) is 5.06. The van der Waals surface area contributed by atoms with Crippen molar-refractivity contribution < 1.29 is 5.11 Å². The first kappa shape index (κ1) is 12.3. The van der Waals surface area contributed by atoms with Crippen molar-refractivity contribution in [2.24, 2.45) is 0 Å². The van der Waals surface area contributed by atoms with Gasteiger partial charge in [-0.05, 0) is 13.0 Å². The molecule has 0 spiro atoms. The largest absolute Gasteiger partial charge is 0.388 e. The predicted molar refractivity (Wildman–Crippen MR) is 69.2 cm³/mol. The van der Waals surface area contributed by atoms with Gasteiger partial charge in [-0.25, -0.2) is 9.97 Å². The number of hydrogen-bond donors (Lipinski definition) is 2. The highest BCUT2D eigenvalue weighted by atomic mass is 35.5. The molecule has 0 amide bonds. The molecular formula is C11H12ClN3OS. The number of rotatable bonds is 3. The van der Waals surface area contributed by atoms with Gasteiger partial charge in [0, 0.05) is 23.6 Å². The van der Waals surface area contributed by atoms with Gasteiger partial charge in [0.15, 0.2) is 0 Å². The minimum atomic E-state index is -0.734. The number of halogens is 1. The van der Waals surface area contributed by atoms with Crippen LogP contribution in [0.3, 0.4) is 0 Å². The van der Waals surface area contributed by atoms with Gasteiger partial charge in [0.05, 0.1) is 21.8 Å². The molecule has 2 heterocycles. The van der Waals surface area contributed by atoms with Gasteiger partial charge >= 0.3 is 0 Å². The van der Waals surface area contributed by atoms with E-state index in [4.69, 9.17) is 17.3 Å². The summed E-state index contributed by atoms with van der Waals surface area (Å²) in [5.74, 6) is 0.300. The molecule has 0 bridgehead atoms. The second-order valence-electron chi connectivity index (χ2n) is 3.71. The summed E-state index contributed by atoms with van der Waals surface area (Å²) in [5, 5.41) is 13.4. The summed E-state index contributed by atoms with van der Waals surface area (Å²) in [6.07, 6.45) is 1.14. The average molecular weight is 270 g/mol. The van der Waals surface area contributed by atoms with Crippen LogP contribution in [0.25, 0.3) is 0 Å². The van der Waals surface area contributed by atoms with Gasteiger partial charge in [-0.1, -0.05) is 11.6 Å². The summed E-state index contributed by atoms with van der Waals surface area (Å²) in [5.41, 5.74) is 7.09. The number of nitrogens with two attached hydrogens (primary N) is 1. The molecule has 0 saturated carbocycles. The average Bonchev–Trinajstić information content (AvgIpc) is 2.67. The van der Waals surface area contributed by atoms with Gasteiger partial charge in [0.25, 0.3) is 0 Å². The van der Waals surface area contributed by atoms with E-state index in [1.165, 1.54) is 6.20 Å². The number of thiazole rings is 1. The maximum Gasteiger partial charge on any atom is 0.129 e. The first-order valence-corrected chi connectivity index (χ1v) is 6.32. The Morgan fingerprint density at radius 2 is 2.35 bits per heavy atom. The Morgan fingerprint density at radius 3 is 3.00 bits per heavy atom. The van der Waals surface area contributed by atoms with Crippen molar-refractivity contribution in [2.75, 3.05) is 5.73 Å². The van der Waals surface area contributed by atoms with Crippen LogP contribution >= 0.6 is 22.9 Å². The van der Waals surface area contributed by atoms with E-state index in [1.54, 1.807) is 17.4 Å². The molecule has 1 atom stereocenters. The molecule has 2 aromatic heterocycles. The fourth-order valence-electron chi connectivity index (χ4n) is 1.54. The molecule has 1 unspecified atom stereocenters. The van der Waals surface area contributed by atoms with E-state index in [0.717, 1.165) is 10.7 Å². The van der Waals surface area contributed by atoms with Crippen LogP contribution in [0, 0.1) is 6.92 Å². The third-order valence-electron chi connectivity index (χ3n) is 2.34. The highest BCUT2D eigenvalue weighted by Crippen LogP contribution is 2.25. The third-order valence-corrected chi connectivity index (χ3v) is 3.37. The van der Waals surface area contributed by atoms with Crippen LogP contribution in [0.2, 0.25) is 5.02 Å². The molecule has 0 fully saturated rings. The van der Waals surface area contributed by atoms with Crippen LogP contribution in [0.4, 0.5) is 5.82 Å². The molecule has 0 aliphatic carbocycles. The zero-order valence-corrected chi connectivity index (χ0v) is 10.8. The van der Waals surface area contributed by atoms with E-state index in [9.17, 15) is 5.11 Å². The zero-order chi connectivity index (χ0) is 12.4. The van der Waals surface area contributed by atoms with Crippen LogP contribution in [0.15, 0.2) is 17.6 Å². The van der Waals surface area contributed by atoms with Gasteiger partial charge < -0.3 is 10.8 Å². The second kappa shape index (κ2) is 5.00. The number of anilines is 1. The lowest BCUT2D eigenvalue weighted by Crippen LogP contribution is -2.07. The summed E-state index contributed by atoms with van der Waals surface area (Å²) in [6.45, 7) is 1.93. The standard InChI is InChI=1S/C11H12ClN3OS/c1-6-15-8(5-17-6)3-10(16)9-2-7(12)4-14-11(9)13/h2,4-5,10,16H,3H2,1H3,(H2,13,14). The summed E-state index contributed by atoms with van der Waals surface area (Å²) >= 11 is 7.38. The van der Waals surface area contributed by atoms with Crippen molar-refractivity contribution >= 4 is 28.8 Å². The minimum Gasteiger partial charge on any atom is -0.388 e. The quantitative estimate of drug-likeness (QED) is 0.897. The molecule has 0 aliphatic heterocycles. The summed E-state index contributed by atoms with van der Waals surface area (Å²) < 4.78 is 0. The molecule has 6 heteroatoms. The lowest BCUT2D eigenvalue weighted by molar-refractivity contribution is 0.178. The van der Waals surface area contributed by atoms with Crippen molar-refractivity contribution in [3.8, 4) is 0 Å². The van der Waals surface area contributed by atoms with Gasteiger partial charge in [-0.2, -0.15) is 0 Å². The normalized spacial score (nSPS) is 12.6. The summed E-state index contributed by atoms with van der Waals surface area (Å²) in [6, 6.07) is 1.63. The Labute approximate surface area is 108 Å². The number of pyridine rings is 1. The van der Waals surface area contributed by atoms with Crippen LogP contribution in [-0.4, -0.2) is 15.1 Å². The van der Waals surface area contributed by atoms with E-state index < -0.39 is 6.10 Å². The van der Waals surface area contributed by atoms with Crippen LogP contribution in [0.1, 0.15) is 22.4 Å². The number of nitrogen functional groups attached to an aromatic ring is 1. The molecule has 90 valence electrons. The van der Waals surface area contributed by atoms with Gasteiger partial charge in [0.1, 0.15) is 5.82 Å². The highest BCUT2D eigenvalue weighted by Gasteiger charge is 2.14.